The summed E-state index contributed by atoms with van der Waals surface area (Å²) < 4.78 is 0. The van der Waals surface area contributed by atoms with Crippen LogP contribution in [0.1, 0.15) is 38.5 Å². The van der Waals surface area contributed by atoms with Gasteiger partial charge >= 0.3 is 0 Å². The SMILES string of the molecule is CSC1CCCC(NC2=NCCC2)C1. The molecular weight excluding hydrogens is 192 g/mol. The monoisotopic (exact) mass is 212 g/mol. The van der Waals surface area contributed by atoms with E-state index in [2.05, 4.69) is 16.6 Å². The summed E-state index contributed by atoms with van der Waals surface area (Å²) in [6, 6.07) is 0.707. The second kappa shape index (κ2) is 5.06. The Morgan fingerprint density at radius 3 is 3.00 bits per heavy atom. The zero-order valence-electron chi connectivity index (χ0n) is 8.96. The maximum atomic E-state index is 4.48. The molecule has 1 aliphatic heterocycles. The van der Waals surface area contributed by atoms with E-state index in [9.17, 15) is 0 Å². The van der Waals surface area contributed by atoms with Crippen molar-refractivity contribution in [2.45, 2.75) is 49.8 Å². The summed E-state index contributed by atoms with van der Waals surface area (Å²) in [4.78, 5) is 4.48. The van der Waals surface area contributed by atoms with Gasteiger partial charge in [0.15, 0.2) is 0 Å². The lowest BCUT2D eigenvalue weighted by atomic mass is 9.95. The predicted octanol–water partition coefficient (Wildman–Crippen LogP) is 2.44. The van der Waals surface area contributed by atoms with Gasteiger partial charge in [0.25, 0.3) is 0 Å². The third-order valence-electron chi connectivity index (χ3n) is 3.20. The van der Waals surface area contributed by atoms with E-state index in [1.807, 2.05) is 11.8 Å². The number of hydrogen-bond acceptors (Lipinski definition) is 3. The van der Waals surface area contributed by atoms with Crippen molar-refractivity contribution in [3.05, 3.63) is 0 Å². The van der Waals surface area contributed by atoms with Gasteiger partial charge in [0.2, 0.25) is 0 Å². The van der Waals surface area contributed by atoms with Gasteiger partial charge in [0, 0.05) is 24.3 Å². The Kier molecular flexibility index (Phi) is 3.74. The van der Waals surface area contributed by atoms with Crippen LogP contribution in [0.2, 0.25) is 0 Å². The molecule has 3 heteroatoms. The molecule has 0 bridgehead atoms. The average molecular weight is 212 g/mol. The summed E-state index contributed by atoms with van der Waals surface area (Å²) in [5, 5.41) is 4.50. The highest BCUT2D eigenvalue weighted by atomic mass is 32.2. The molecule has 1 fully saturated rings. The molecule has 14 heavy (non-hydrogen) atoms. The highest BCUT2D eigenvalue weighted by molar-refractivity contribution is 7.99. The van der Waals surface area contributed by atoms with Crippen molar-refractivity contribution in [3.63, 3.8) is 0 Å². The Morgan fingerprint density at radius 2 is 2.29 bits per heavy atom. The molecule has 2 atom stereocenters. The Morgan fingerprint density at radius 1 is 1.36 bits per heavy atom. The molecule has 0 aromatic carbocycles. The molecule has 2 unspecified atom stereocenters. The van der Waals surface area contributed by atoms with Crippen molar-refractivity contribution in [1.82, 2.24) is 5.32 Å². The Bertz CT molecular complexity index is 215. The van der Waals surface area contributed by atoms with E-state index in [0.717, 1.165) is 11.8 Å². The summed E-state index contributed by atoms with van der Waals surface area (Å²) in [6.07, 6.45) is 10.1. The van der Waals surface area contributed by atoms with Crippen molar-refractivity contribution in [2.75, 3.05) is 12.8 Å². The minimum absolute atomic E-state index is 0.707. The van der Waals surface area contributed by atoms with E-state index in [4.69, 9.17) is 0 Å². The predicted molar refractivity (Wildman–Crippen MR) is 64.2 cm³/mol. The van der Waals surface area contributed by atoms with Gasteiger partial charge in [-0.05, 0) is 31.9 Å². The molecule has 0 spiro atoms. The van der Waals surface area contributed by atoms with Crippen molar-refractivity contribution >= 4 is 17.6 Å². The maximum Gasteiger partial charge on any atom is 0.0965 e. The van der Waals surface area contributed by atoms with Crippen LogP contribution < -0.4 is 5.32 Å². The smallest absolute Gasteiger partial charge is 0.0965 e. The van der Waals surface area contributed by atoms with Gasteiger partial charge in [0.1, 0.15) is 0 Å². The molecule has 1 heterocycles. The van der Waals surface area contributed by atoms with E-state index < -0.39 is 0 Å². The molecule has 0 aromatic heterocycles. The number of hydrogen-bond donors (Lipinski definition) is 1. The van der Waals surface area contributed by atoms with Crippen LogP contribution >= 0.6 is 11.8 Å². The first kappa shape index (κ1) is 10.3. The Balaban J connectivity index is 1.79. The number of rotatable bonds is 2. The van der Waals surface area contributed by atoms with Gasteiger partial charge in [-0.15, -0.1) is 0 Å². The van der Waals surface area contributed by atoms with Gasteiger partial charge in [-0.25, -0.2) is 0 Å². The van der Waals surface area contributed by atoms with E-state index in [1.54, 1.807) is 0 Å². The molecule has 1 saturated carbocycles. The molecule has 2 rings (SSSR count). The summed E-state index contributed by atoms with van der Waals surface area (Å²) >= 11 is 2.03. The second-order valence-electron chi connectivity index (χ2n) is 4.30. The van der Waals surface area contributed by atoms with Gasteiger partial charge in [-0.1, -0.05) is 6.42 Å². The highest BCUT2D eigenvalue weighted by Gasteiger charge is 2.22. The summed E-state index contributed by atoms with van der Waals surface area (Å²) in [5.41, 5.74) is 0. The molecule has 2 aliphatic rings. The summed E-state index contributed by atoms with van der Waals surface area (Å²) in [5.74, 6) is 1.27. The van der Waals surface area contributed by atoms with Crippen LogP contribution in [-0.4, -0.2) is 29.9 Å². The fourth-order valence-corrected chi connectivity index (χ4v) is 3.21. The van der Waals surface area contributed by atoms with E-state index in [-0.39, 0.29) is 0 Å². The minimum Gasteiger partial charge on any atom is -0.371 e. The second-order valence-corrected chi connectivity index (χ2v) is 5.44. The molecule has 2 nitrogen and oxygen atoms in total. The van der Waals surface area contributed by atoms with Crippen LogP contribution in [-0.2, 0) is 0 Å². The normalized spacial score (nSPS) is 32.8. The first-order chi connectivity index (χ1) is 6.88. The van der Waals surface area contributed by atoms with Crippen molar-refractivity contribution < 1.29 is 0 Å². The fraction of sp³-hybridized carbons (Fsp3) is 0.909. The molecule has 80 valence electrons. The topological polar surface area (TPSA) is 24.4 Å². The van der Waals surface area contributed by atoms with Crippen LogP contribution in [0.3, 0.4) is 0 Å². The third-order valence-corrected chi connectivity index (χ3v) is 4.30. The van der Waals surface area contributed by atoms with E-state index in [0.29, 0.717) is 6.04 Å². The van der Waals surface area contributed by atoms with Gasteiger partial charge in [-0.2, -0.15) is 11.8 Å². The average Bonchev–Trinajstić information content (AvgIpc) is 2.71. The Labute approximate surface area is 90.9 Å². The molecule has 0 amide bonds. The van der Waals surface area contributed by atoms with Crippen LogP contribution in [0.5, 0.6) is 0 Å². The van der Waals surface area contributed by atoms with Crippen molar-refractivity contribution in [2.24, 2.45) is 4.99 Å². The standard InChI is InChI=1S/C11H20N2S/c1-14-10-5-2-4-9(8-10)13-11-6-3-7-12-11/h9-10H,2-8H2,1H3,(H,12,13). The first-order valence-electron chi connectivity index (χ1n) is 5.71. The summed E-state index contributed by atoms with van der Waals surface area (Å²) in [7, 11) is 0. The lowest BCUT2D eigenvalue weighted by molar-refractivity contribution is 0.421. The van der Waals surface area contributed by atoms with Crippen molar-refractivity contribution in [1.29, 1.82) is 0 Å². The largest absolute Gasteiger partial charge is 0.371 e. The van der Waals surface area contributed by atoms with E-state index in [1.165, 1.54) is 44.4 Å². The van der Waals surface area contributed by atoms with Crippen LogP contribution in [0, 0.1) is 0 Å². The van der Waals surface area contributed by atoms with Gasteiger partial charge in [-0.3, -0.25) is 4.99 Å². The first-order valence-corrected chi connectivity index (χ1v) is 7.00. The van der Waals surface area contributed by atoms with Gasteiger partial charge < -0.3 is 5.32 Å². The van der Waals surface area contributed by atoms with Crippen LogP contribution in [0.25, 0.3) is 0 Å². The minimum atomic E-state index is 0.707. The zero-order chi connectivity index (χ0) is 9.80. The lowest BCUT2D eigenvalue weighted by Crippen LogP contribution is -2.38. The third kappa shape index (κ3) is 2.66. The number of thioether (sulfide) groups is 1. The van der Waals surface area contributed by atoms with Gasteiger partial charge in [0.05, 0.1) is 5.84 Å². The molecule has 0 saturated heterocycles. The maximum absolute atomic E-state index is 4.48. The number of amidine groups is 1. The lowest BCUT2D eigenvalue weighted by Gasteiger charge is -2.29. The molecule has 0 radical (unpaired) electrons. The van der Waals surface area contributed by atoms with Crippen LogP contribution in [0.15, 0.2) is 4.99 Å². The molecule has 1 aliphatic carbocycles. The highest BCUT2D eigenvalue weighted by Crippen LogP contribution is 2.27. The number of nitrogens with zero attached hydrogens (tertiary/aromatic N) is 1. The Hall–Kier alpha value is -0.180. The van der Waals surface area contributed by atoms with Crippen molar-refractivity contribution in [3.8, 4) is 0 Å². The van der Waals surface area contributed by atoms with Crippen LogP contribution in [0.4, 0.5) is 0 Å². The quantitative estimate of drug-likeness (QED) is 0.760. The van der Waals surface area contributed by atoms with E-state index >= 15 is 0 Å². The molecular formula is C11H20N2S. The molecule has 0 aromatic rings. The molecule has 1 N–H and O–H groups in total. The summed E-state index contributed by atoms with van der Waals surface area (Å²) in [6.45, 7) is 1.04. The zero-order valence-corrected chi connectivity index (χ0v) is 9.78. The number of aliphatic imine (C=N–C) groups is 1. The fourth-order valence-electron chi connectivity index (χ4n) is 2.38. The number of nitrogens with one attached hydrogen (secondary N) is 1.